The molecule has 0 spiro atoms. The lowest BCUT2D eigenvalue weighted by Crippen LogP contribution is -2.29. The van der Waals surface area contributed by atoms with Gasteiger partial charge in [0.2, 0.25) is 0 Å². The summed E-state index contributed by atoms with van der Waals surface area (Å²) in [6.07, 6.45) is 2.44. The fourth-order valence-electron chi connectivity index (χ4n) is 3.07. The van der Waals surface area contributed by atoms with Crippen molar-refractivity contribution in [3.63, 3.8) is 0 Å². The van der Waals surface area contributed by atoms with Gasteiger partial charge in [-0.2, -0.15) is 5.26 Å². The van der Waals surface area contributed by atoms with Crippen LogP contribution in [0.4, 0.5) is 14.6 Å². The van der Waals surface area contributed by atoms with Gasteiger partial charge in [0.15, 0.2) is 11.6 Å². The van der Waals surface area contributed by atoms with E-state index in [4.69, 9.17) is 5.26 Å². The number of nitriles is 1. The molecule has 3 rings (SSSR count). The Balaban J connectivity index is 1.89. The lowest BCUT2D eigenvalue weighted by Gasteiger charge is -2.26. The molecule has 1 aliphatic heterocycles. The quantitative estimate of drug-likeness (QED) is 0.946. The van der Waals surface area contributed by atoms with Crippen LogP contribution in [0.1, 0.15) is 23.6 Å². The molecular weight excluding hydrogens is 298 g/mol. The average Bonchev–Trinajstić information content (AvgIpc) is 2.91. The third-order valence-electron chi connectivity index (χ3n) is 4.18. The Hall–Kier alpha value is -2.52. The van der Waals surface area contributed by atoms with E-state index in [1.807, 2.05) is 7.05 Å². The highest BCUT2D eigenvalue weighted by Gasteiger charge is 2.34. The lowest BCUT2D eigenvalue weighted by atomic mass is 9.99. The van der Waals surface area contributed by atoms with Crippen LogP contribution in [0.3, 0.4) is 0 Å². The summed E-state index contributed by atoms with van der Waals surface area (Å²) in [7, 11) is 1.94. The monoisotopic (exact) mass is 314 g/mol. The first-order valence-electron chi connectivity index (χ1n) is 7.37. The highest BCUT2D eigenvalue weighted by Crippen LogP contribution is 2.33. The Morgan fingerprint density at radius 2 is 2.13 bits per heavy atom. The van der Waals surface area contributed by atoms with E-state index in [-0.39, 0.29) is 12.1 Å². The maximum absolute atomic E-state index is 13.6. The van der Waals surface area contributed by atoms with Crippen LogP contribution in [0.25, 0.3) is 0 Å². The van der Waals surface area contributed by atoms with Crippen LogP contribution in [-0.4, -0.2) is 29.5 Å². The number of nitrogens with one attached hydrogen (secondary N) is 1. The predicted octanol–water partition coefficient (Wildman–Crippen LogP) is 3.09. The highest BCUT2D eigenvalue weighted by atomic mass is 19.2. The molecule has 0 saturated carbocycles. The summed E-state index contributed by atoms with van der Waals surface area (Å²) >= 11 is 0. The van der Waals surface area contributed by atoms with E-state index in [1.165, 1.54) is 6.07 Å². The fourth-order valence-corrected chi connectivity index (χ4v) is 3.07. The van der Waals surface area contributed by atoms with Gasteiger partial charge in [0.25, 0.3) is 0 Å². The third kappa shape index (κ3) is 3.01. The van der Waals surface area contributed by atoms with E-state index in [0.29, 0.717) is 16.9 Å². The van der Waals surface area contributed by atoms with Gasteiger partial charge in [0.05, 0.1) is 11.6 Å². The first kappa shape index (κ1) is 15.4. The molecule has 0 radical (unpaired) electrons. The van der Waals surface area contributed by atoms with Crippen molar-refractivity contribution in [1.29, 1.82) is 5.26 Å². The normalized spacial score (nSPS) is 21.1. The van der Waals surface area contributed by atoms with Gasteiger partial charge in [-0.1, -0.05) is 6.07 Å². The topological polar surface area (TPSA) is 52.0 Å². The number of hydrogen-bond donors (Lipinski definition) is 1. The molecule has 0 aliphatic carbocycles. The second kappa shape index (κ2) is 6.31. The second-order valence-electron chi connectivity index (χ2n) is 5.65. The number of likely N-dealkylation sites (N-methyl/N-ethyl adjacent to an activating group) is 1. The van der Waals surface area contributed by atoms with Gasteiger partial charge in [-0.05, 0) is 43.3 Å². The first-order chi connectivity index (χ1) is 11.1. The molecule has 2 heterocycles. The lowest BCUT2D eigenvalue weighted by molar-refractivity contribution is 0.307. The maximum atomic E-state index is 13.6. The van der Waals surface area contributed by atoms with Crippen molar-refractivity contribution in [3.05, 3.63) is 59.3 Å². The van der Waals surface area contributed by atoms with Crippen molar-refractivity contribution >= 4 is 5.82 Å². The summed E-state index contributed by atoms with van der Waals surface area (Å²) in [5, 5.41) is 12.4. The second-order valence-corrected chi connectivity index (χ2v) is 5.65. The number of halogens is 2. The van der Waals surface area contributed by atoms with E-state index in [2.05, 4.69) is 21.3 Å². The summed E-state index contributed by atoms with van der Waals surface area (Å²) in [6, 6.07) is 9.34. The Morgan fingerprint density at radius 3 is 2.87 bits per heavy atom. The van der Waals surface area contributed by atoms with Crippen molar-refractivity contribution in [1.82, 2.24) is 9.88 Å². The number of pyridine rings is 1. The van der Waals surface area contributed by atoms with Gasteiger partial charge >= 0.3 is 0 Å². The molecule has 6 heteroatoms. The summed E-state index contributed by atoms with van der Waals surface area (Å²) in [5.41, 5.74) is 1.17. The minimum absolute atomic E-state index is 0.0353. The first-order valence-corrected chi connectivity index (χ1v) is 7.37. The standard InChI is InChI=1S/C17H16F2N4/c1-23-8-6-15(22-17-12(10-20)3-2-7-21-17)16(23)11-4-5-13(18)14(19)9-11/h2-5,7,9,15-16H,6,8H2,1H3,(H,21,22). The van der Waals surface area contributed by atoms with Crippen LogP contribution in [0.2, 0.25) is 0 Å². The maximum Gasteiger partial charge on any atom is 0.159 e. The minimum Gasteiger partial charge on any atom is -0.364 e. The molecule has 2 aromatic rings. The van der Waals surface area contributed by atoms with Gasteiger partial charge < -0.3 is 5.32 Å². The van der Waals surface area contributed by atoms with Crippen molar-refractivity contribution < 1.29 is 8.78 Å². The van der Waals surface area contributed by atoms with Crippen LogP contribution >= 0.6 is 0 Å². The number of anilines is 1. The Bertz CT molecular complexity index is 756. The zero-order valence-electron chi connectivity index (χ0n) is 12.6. The largest absolute Gasteiger partial charge is 0.364 e. The van der Waals surface area contributed by atoms with Crippen LogP contribution in [0, 0.1) is 23.0 Å². The summed E-state index contributed by atoms with van der Waals surface area (Å²) in [4.78, 5) is 6.29. The Morgan fingerprint density at radius 1 is 1.30 bits per heavy atom. The highest BCUT2D eigenvalue weighted by molar-refractivity contribution is 5.52. The molecule has 1 aliphatic rings. The molecule has 118 valence electrons. The summed E-state index contributed by atoms with van der Waals surface area (Å²) in [5.74, 6) is -1.18. The van der Waals surface area contributed by atoms with E-state index < -0.39 is 11.6 Å². The molecule has 0 amide bonds. The molecule has 2 unspecified atom stereocenters. The molecular formula is C17H16F2N4. The molecule has 1 saturated heterocycles. The van der Waals surface area contributed by atoms with Gasteiger partial charge in [0, 0.05) is 18.8 Å². The summed E-state index contributed by atoms with van der Waals surface area (Å²) in [6.45, 7) is 0.816. The van der Waals surface area contributed by atoms with Crippen LogP contribution in [0.5, 0.6) is 0 Å². The number of nitrogens with zero attached hydrogens (tertiary/aromatic N) is 3. The zero-order chi connectivity index (χ0) is 16.4. The van der Waals surface area contributed by atoms with Gasteiger partial charge in [-0.25, -0.2) is 13.8 Å². The number of rotatable bonds is 3. The van der Waals surface area contributed by atoms with Gasteiger partial charge in [-0.3, -0.25) is 4.90 Å². The Labute approximate surface area is 133 Å². The molecule has 1 N–H and O–H groups in total. The van der Waals surface area contributed by atoms with E-state index in [1.54, 1.807) is 24.4 Å². The van der Waals surface area contributed by atoms with E-state index in [0.717, 1.165) is 19.0 Å². The van der Waals surface area contributed by atoms with Gasteiger partial charge in [0.1, 0.15) is 11.9 Å². The van der Waals surface area contributed by atoms with E-state index in [9.17, 15) is 8.78 Å². The number of likely N-dealkylation sites (tertiary alicyclic amines) is 1. The molecule has 23 heavy (non-hydrogen) atoms. The molecule has 0 bridgehead atoms. The molecule has 1 aromatic carbocycles. The van der Waals surface area contributed by atoms with Crippen LogP contribution in [-0.2, 0) is 0 Å². The van der Waals surface area contributed by atoms with Crippen molar-refractivity contribution in [3.8, 4) is 6.07 Å². The zero-order valence-corrected chi connectivity index (χ0v) is 12.6. The smallest absolute Gasteiger partial charge is 0.159 e. The van der Waals surface area contributed by atoms with Gasteiger partial charge in [-0.15, -0.1) is 0 Å². The van der Waals surface area contributed by atoms with Crippen LogP contribution < -0.4 is 5.32 Å². The fraction of sp³-hybridized carbons (Fsp3) is 0.294. The number of benzene rings is 1. The number of hydrogen-bond acceptors (Lipinski definition) is 4. The van der Waals surface area contributed by atoms with Crippen molar-refractivity contribution in [2.45, 2.75) is 18.5 Å². The number of aromatic nitrogens is 1. The predicted molar refractivity (Wildman–Crippen MR) is 82.7 cm³/mol. The molecule has 4 nitrogen and oxygen atoms in total. The van der Waals surface area contributed by atoms with E-state index >= 15 is 0 Å². The Kier molecular flexibility index (Phi) is 4.22. The summed E-state index contributed by atoms with van der Waals surface area (Å²) < 4.78 is 26.7. The van der Waals surface area contributed by atoms with Crippen molar-refractivity contribution in [2.24, 2.45) is 0 Å². The van der Waals surface area contributed by atoms with Crippen molar-refractivity contribution in [2.75, 3.05) is 18.9 Å². The third-order valence-corrected chi connectivity index (χ3v) is 4.18. The van der Waals surface area contributed by atoms with Crippen LogP contribution in [0.15, 0.2) is 36.5 Å². The SMILES string of the molecule is CN1CCC(Nc2ncccc2C#N)C1c1ccc(F)c(F)c1. The minimum atomic E-state index is -0.851. The average molecular weight is 314 g/mol. The molecule has 1 aromatic heterocycles. The molecule has 1 fully saturated rings. The molecule has 2 atom stereocenters.